The molecule has 0 saturated heterocycles. The topological polar surface area (TPSA) is 49.7 Å². The molecule has 0 radical (unpaired) electrons. The summed E-state index contributed by atoms with van der Waals surface area (Å²) in [4.78, 5) is 0. The lowest BCUT2D eigenvalue weighted by atomic mass is 10.2. The van der Waals surface area contributed by atoms with E-state index < -0.39 is 0 Å². The zero-order valence-electron chi connectivity index (χ0n) is 7.00. The van der Waals surface area contributed by atoms with Gasteiger partial charge in [-0.1, -0.05) is 13.8 Å². The predicted octanol–water partition coefficient (Wildman–Crippen LogP) is 0.260. The first-order valence-corrected chi connectivity index (χ1v) is 3.39. The molecular weight excluding hydrogens is 132 g/mol. The molecule has 0 rings (SSSR count). The van der Waals surface area contributed by atoms with Gasteiger partial charge >= 0.3 is 0 Å². The molecule has 0 atom stereocenters. The van der Waals surface area contributed by atoms with Crippen molar-refractivity contribution in [3.8, 4) is 0 Å². The lowest BCUT2D eigenvalue weighted by molar-refractivity contribution is 0.167. The summed E-state index contributed by atoms with van der Waals surface area (Å²) in [7, 11) is 1.72. The molecule has 0 aromatic carbocycles. The average Bonchev–Trinajstić information content (AvgIpc) is 1.89. The van der Waals surface area contributed by atoms with Crippen LogP contribution in [-0.4, -0.2) is 37.1 Å². The molecule has 0 aromatic rings. The Kier molecular flexibility index (Phi) is 14.6. The van der Waals surface area contributed by atoms with Gasteiger partial charge in [0.2, 0.25) is 0 Å². The molecule has 0 bridgehead atoms. The number of hydrogen-bond acceptors (Lipinski definition) is 3. The summed E-state index contributed by atoms with van der Waals surface area (Å²) in [5, 5.41) is 15.2. The SMILES string of the molecule is COCC(C)C.OCCO. The molecule has 0 aliphatic heterocycles. The van der Waals surface area contributed by atoms with E-state index in [1.807, 2.05) is 0 Å². The highest BCUT2D eigenvalue weighted by molar-refractivity contribution is 4.35. The summed E-state index contributed by atoms with van der Waals surface area (Å²) >= 11 is 0. The third kappa shape index (κ3) is 24.8. The second kappa shape index (κ2) is 11.6. The number of rotatable bonds is 3. The van der Waals surface area contributed by atoms with Gasteiger partial charge in [0.1, 0.15) is 0 Å². The number of aliphatic hydroxyl groups is 2. The van der Waals surface area contributed by atoms with Crippen LogP contribution in [0.2, 0.25) is 0 Å². The quantitative estimate of drug-likeness (QED) is 0.606. The van der Waals surface area contributed by atoms with Crippen molar-refractivity contribution >= 4 is 0 Å². The Morgan fingerprint density at radius 1 is 1.20 bits per heavy atom. The van der Waals surface area contributed by atoms with E-state index in [1.54, 1.807) is 7.11 Å². The van der Waals surface area contributed by atoms with Gasteiger partial charge in [-0.25, -0.2) is 0 Å². The largest absolute Gasteiger partial charge is 0.394 e. The molecule has 0 aliphatic carbocycles. The summed E-state index contributed by atoms with van der Waals surface area (Å²) < 4.78 is 4.80. The fraction of sp³-hybridized carbons (Fsp3) is 1.00. The van der Waals surface area contributed by atoms with Crippen LogP contribution in [0, 0.1) is 5.92 Å². The molecule has 2 N–H and O–H groups in total. The maximum atomic E-state index is 7.62. The van der Waals surface area contributed by atoms with Crippen LogP contribution in [0.5, 0.6) is 0 Å². The number of methoxy groups -OCH3 is 1. The van der Waals surface area contributed by atoms with Gasteiger partial charge in [-0.15, -0.1) is 0 Å². The molecule has 64 valence electrons. The van der Waals surface area contributed by atoms with Crippen molar-refractivity contribution in [1.29, 1.82) is 0 Å². The fourth-order valence-corrected chi connectivity index (χ4v) is 0.333. The van der Waals surface area contributed by atoms with Crippen LogP contribution in [0.1, 0.15) is 13.8 Å². The Morgan fingerprint density at radius 3 is 1.60 bits per heavy atom. The number of ether oxygens (including phenoxy) is 1. The second-order valence-electron chi connectivity index (χ2n) is 2.30. The van der Waals surface area contributed by atoms with Crippen molar-refractivity contribution in [2.24, 2.45) is 5.92 Å². The molecule has 0 aliphatic rings. The summed E-state index contributed by atoms with van der Waals surface area (Å²) in [6.45, 7) is 4.88. The molecule has 0 aromatic heterocycles. The summed E-state index contributed by atoms with van der Waals surface area (Å²) in [6.07, 6.45) is 0. The van der Waals surface area contributed by atoms with E-state index >= 15 is 0 Å². The zero-order chi connectivity index (χ0) is 8.41. The van der Waals surface area contributed by atoms with Crippen LogP contribution in [0.3, 0.4) is 0 Å². The molecule has 0 spiro atoms. The van der Waals surface area contributed by atoms with Crippen LogP contribution in [0.25, 0.3) is 0 Å². The van der Waals surface area contributed by atoms with Crippen LogP contribution in [0.4, 0.5) is 0 Å². The van der Waals surface area contributed by atoms with Gasteiger partial charge in [-0.3, -0.25) is 0 Å². The first-order valence-electron chi connectivity index (χ1n) is 3.39. The van der Waals surface area contributed by atoms with Gasteiger partial charge in [-0.05, 0) is 5.92 Å². The van der Waals surface area contributed by atoms with Gasteiger partial charge in [0.15, 0.2) is 0 Å². The van der Waals surface area contributed by atoms with E-state index in [4.69, 9.17) is 14.9 Å². The summed E-state index contributed by atoms with van der Waals surface area (Å²) in [5.41, 5.74) is 0. The maximum Gasteiger partial charge on any atom is 0.0662 e. The molecule has 0 heterocycles. The molecule has 0 amide bonds. The van der Waals surface area contributed by atoms with Gasteiger partial charge in [0.25, 0.3) is 0 Å². The van der Waals surface area contributed by atoms with E-state index in [1.165, 1.54) is 0 Å². The lowest BCUT2D eigenvalue weighted by Gasteiger charge is -1.97. The van der Waals surface area contributed by atoms with E-state index in [2.05, 4.69) is 13.8 Å². The Balaban J connectivity index is 0. The monoisotopic (exact) mass is 150 g/mol. The van der Waals surface area contributed by atoms with Crippen molar-refractivity contribution in [3.63, 3.8) is 0 Å². The minimum absolute atomic E-state index is 0.125. The number of aliphatic hydroxyl groups excluding tert-OH is 2. The molecule has 0 unspecified atom stereocenters. The summed E-state index contributed by atoms with van der Waals surface area (Å²) in [6, 6.07) is 0. The molecule has 3 heteroatoms. The maximum absolute atomic E-state index is 7.62. The van der Waals surface area contributed by atoms with E-state index in [-0.39, 0.29) is 13.2 Å². The minimum Gasteiger partial charge on any atom is -0.394 e. The van der Waals surface area contributed by atoms with Crippen LogP contribution < -0.4 is 0 Å². The van der Waals surface area contributed by atoms with Crippen molar-refractivity contribution in [2.45, 2.75) is 13.8 Å². The second-order valence-corrected chi connectivity index (χ2v) is 2.30. The van der Waals surface area contributed by atoms with Gasteiger partial charge < -0.3 is 14.9 Å². The van der Waals surface area contributed by atoms with Gasteiger partial charge in [-0.2, -0.15) is 0 Å². The average molecular weight is 150 g/mol. The van der Waals surface area contributed by atoms with Crippen LogP contribution >= 0.6 is 0 Å². The Hall–Kier alpha value is -0.120. The first kappa shape index (κ1) is 12.5. The standard InChI is InChI=1S/C5H12O.C2H6O2/c1-5(2)4-6-3;3-1-2-4/h5H,4H2,1-3H3;3-4H,1-2H2. The van der Waals surface area contributed by atoms with Crippen molar-refractivity contribution < 1.29 is 14.9 Å². The molecule has 0 saturated carbocycles. The lowest BCUT2D eigenvalue weighted by Crippen LogP contribution is -1.96. The highest BCUT2D eigenvalue weighted by Crippen LogP contribution is 1.88. The first-order chi connectivity index (χ1) is 4.68. The molecule has 10 heavy (non-hydrogen) atoms. The van der Waals surface area contributed by atoms with Crippen LogP contribution in [-0.2, 0) is 4.74 Å². The van der Waals surface area contributed by atoms with Crippen LogP contribution in [0.15, 0.2) is 0 Å². The van der Waals surface area contributed by atoms with Crippen molar-refractivity contribution in [3.05, 3.63) is 0 Å². The van der Waals surface area contributed by atoms with Crippen molar-refractivity contribution in [1.82, 2.24) is 0 Å². The van der Waals surface area contributed by atoms with Gasteiger partial charge in [0.05, 0.1) is 13.2 Å². The normalized spacial score (nSPS) is 9.00. The van der Waals surface area contributed by atoms with Gasteiger partial charge in [0, 0.05) is 13.7 Å². The minimum atomic E-state index is -0.125. The Labute approximate surface area is 62.6 Å². The van der Waals surface area contributed by atoms with E-state index in [0.717, 1.165) is 6.61 Å². The Morgan fingerprint density at radius 2 is 1.60 bits per heavy atom. The Bertz CT molecular complexity index is 44.1. The highest BCUT2D eigenvalue weighted by Gasteiger charge is 1.85. The van der Waals surface area contributed by atoms with E-state index in [0.29, 0.717) is 5.92 Å². The number of hydrogen-bond donors (Lipinski definition) is 2. The predicted molar refractivity (Wildman–Crippen MR) is 40.9 cm³/mol. The fourth-order valence-electron chi connectivity index (χ4n) is 0.333. The third-order valence-corrected chi connectivity index (χ3v) is 0.600. The molecular formula is C7H18O3. The molecule has 3 nitrogen and oxygen atoms in total. The smallest absolute Gasteiger partial charge is 0.0662 e. The highest BCUT2D eigenvalue weighted by atomic mass is 16.5. The summed E-state index contributed by atoms with van der Waals surface area (Å²) in [5.74, 6) is 0.676. The van der Waals surface area contributed by atoms with Crippen molar-refractivity contribution in [2.75, 3.05) is 26.9 Å². The van der Waals surface area contributed by atoms with E-state index in [9.17, 15) is 0 Å². The zero-order valence-corrected chi connectivity index (χ0v) is 7.00. The third-order valence-electron chi connectivity index (χ3n) is 0.600. The molecule has 0 fully saturated rings.